The van der Waals surface area contributed by atoms with Crippen molar-refractivity contribution in [2.24, 2.45) is 11.8 Å². The first-order valence-corrected chi connectivity index (χ1v) is 6.90. The first-order valence-electron chi connectivity index (χ1n) is 6.46. The largest absolute Gasteiger partial charge is 0.375 e. The van der Waals surface area contributed by atoms with Crippen LogP contribution in [-0.2, 0) is 4.74 Å². The lowest BCUT2D eigenvalue weighted by atomic mass is 9.84. The Hall–Kier alpha value is 0.250. The highest BCUT2D eigenvalue weighted by Crippen LogP contribution is 2.39. The van der Waals surface area contributed by atoms with E-state index in [1.54, 1.807) is 0 Å². The van der Waals surface area contributed by atoms with E-state index < -0.39 is 0 Å². The third kappa shape index (κ3) is 2.88. The molecular formula is C13H23ClO. The highest BCUT2D eigenvalue weighted by molar-refractivity contribution is 6.20. The lowest BCUT2D eigenvalue weighted by molar-refractivity contribution is 0.00984. The van der Waals surface area contributed by atoms with E-state index in [4.69, 9.17) is 16.3 Å². The molecule has 2 aliphatic rings. The highest BCUT2D eigenvalue weighted by atomic mass is 35.5. The highest BCUT2D eigenvalue weighted by Gasteiger charge is 2.37. The fourth-order valence-corrected chi connectivity index (χ4v) is 3.12. The average molecular weight is 231 g/mol. The predicted octanol–water partition coefficient (Wildman–Crippen LogP) is 3.99. The van der Waals surface area contributed by atoms with Crippen LogP contribution in [0.3, 0.4) is 0 Å². The molecule has 5 unspecified atom stereocenters. The number of ether oxygens (including phenoxy) is 1. The van der Waals surface area contributed by atoms with Gasteiger partial charge >= 0.3 is 0 Å². The SMILES string of the molecule is CC(Cl)C(C)CC1CC2CCCCC2O1. The summed E-state index contributed by atoms with van der Waals surface area (Å²) >= 11 is 6.10. The minimum atomic E-state index is 0.274. The number of rotatable bonds is 3. The smallest absolute Gasteiger partial charge is 0.0608 e. The zero-order chi connectivity index (χ0) is 10.8. The number of hydrogen-bond donors (Lipinski definition) is 0. The lowest BCUT2D eigenvalue weighted by Gasteiger charge is -2.23. The standard InChI is InChI=1S/C13H23ClO/c1-9(10(2)14)7-12-8-11-5-3-4-6-13(11)15-12/h9-13H,3-8H2,1-2H3. The zero-order valence-electron chi connectivity index (χ0n) is 9.92. The van der Waals surface area contributed by atoms with Gasteiger partial charge in [-0.2, -0.15) is 0 Å². The summed E-state index contributed by atoms with van der Waals surface area (Å²) in [5.74, 6) is 1.44. The number of hydrogen-bond acceptors (Lipinski definition) is 1. The molecule has 0 aromatic carbocycles. The molecule has 2 fully saturated rings. The van der Waals surface area contributed by atoms with Crippen LogP contribution in [0.1, 0.15) is 52.4 Å². The molecule has 1 saturated heterocycles. The van der Waals surface area contributed by atoms with Gasteiger partial charge in [-0.25, -0.2) is 0 Å². The molecule has 5 atom stereocenters. The summed E-state index contributed by atoms with van der Waals surface area (Å²) in [5.41, 5.74) is 0. The van der Waals surface area contributed by atoms with Crippen LogP contribution in [0.4, 0.5) is 0 Å². The fraction of sp³-hybridized carbons (Fsp3) is 1.00. The number of alkyl halides is 1. The molecule has 2 heteroatoms. The molecule has 1 aliphatic heterocycles. The van der Waals surface area contributed by atoms with Crippen molar-refractivity contribution in [3.63, 3.8) is 0 Å². The van der Waals surface area contributed by atoms with E-state index in [2.05, 4.69) is 13.8 Å². The summed E-state index contributed by atoms with van der Waals surface area (Å²) in [7, 11) is 0. The first-order chi connectivity index (χ1) is 7.16. The van der Waals surface area contributed by atoms with Gasteiger partial charge in [0, 0.05) is 5.38 Å². The molecule has 0 radical (unpaired) electrons. The Morgan fingerprint density at radius 1 is 1.27 bits per heavy atom. The minimum Gasteiger partial charge on any atom is -0.375 e. The maximum absolute atomic E-state index is 6.13. The molecule has 0 aromatic heterocycles. The average Bonchev–Trinajstić information content (AvgIpc) is 2.59. The van der Waals surface area contributed by atoms with Crippen LogP contribution in [0, 0.1) is 11.8 Å². The monoisotopic (exact) mass is 230 g/mol. The minimum absolute atomic E-state index is 0.274. The third-order valence-corrected chi connectivity index (χ3v) is 4.62. The first kappa shape index (κ1) is 11.7. The third-order valence-electron chi connectivity index (χ3n) is 4.19. The van der Waals surface area contributed by atoms with Crippen molar-refractivity contribution >= 4 is 11.6 Å². The van der Waals surface area contributed by atoms with Gasteiger partial charge in [0.1, 0.15) is 0 Å². The van der Waals surface area contributed by atoms with Crippen LogP contribution in [0.15, 0.2) is 0 Å². The van der Waals surface area contributed by atoms with Crippen LogP contribution in [-0.4, -0.2) is 17.6 Å². The van der Waals surface area contributed by atoms with Gasteiger partial charge in [-0.15, -0.1) is 11.6 Å². The number of fused-ring (bicyclic) bond motifs is 1. The van der Waals surface area contributed by atoms with Crippen LogP contribution < -0.4 is 0 Å². The summed E-state index contributed by atoms with van der Waals surface area (Å²) in [6.45, 7) is 4.33. The Morgan fingerprint density at radius 3 is 2.67 bits per heavy atom. The molecule has 0 spiro atoms. The van der Waals surface area contributed by atoms with Crippen molar-refractivity contribution in [3.8, 4) is 0 Å². The second-order valence-corrected chi connectivity index (χ2v) is 6.16. The van der Waals surface area contributed by atoms with Crippen LogP contribution in [0.25, 0.3) is 0 Å². The zero-order valence-corrected chi connectivity index (χ0v) is 10.7. The van der Waals surface area contributed by atoms with E-state index >= 15 is 0 Å². The molecular weight excluding hydrogens is 208 g/mol. The van der Waals surface area contributed by atoms with Gasteiger partial charge in [0.25, 0.3) is 0 Å². The van der Waals surface area contributed by atoms with Crippen molar-refractivity contribution in [2.75, 3.05) is 0 Å². The molecule has 1 nitrogen and oxygen atoms in total. The van der Waals surface area contributed by atoms with Crippen LogP contribution in [0.5, 0.6) is 0 Å². The van der Waals surface area contributed by atoms with Crippen molar-refractivity contribution in [3.05, 3.63) is 0 Å². The Labute approximate surface area is 98.5 Å². The van der Waals surface area contributed by atoms with Crippen molar-refractivity contribution in [1.29, 1.82) is 0 Å². The molecule has 1 saturated carbocycles. The van der Waals surface area contributed by atoms with E-state index in [1.165, 1.54) is 32.1 Å². The molecule has 88 valence electrons. The van der Waals surface area contributed by atoms with Crippen LogP contribution in [0.2, 0.25) is 0 Å². The van der Waals surface area contributed by atoms with Gasteiger partial charge in [-0.3, -0.25) is 0 Å². The van der Waals surface area contributed by atoms with Gasteiger partial charge in [-0.05, 0) is 44.4 Å². The maximum Gasteiger partial charge on any atom is 0.0608 e. The summed E-state index contributed by atoms with van der Waals surface area (Å²) in [4.78, 5) is 0. The van der Waals surface area contributed by atoms with Crippen molar-refractivity contribution < 1.29 is 4.74 Å². The Kier molecular flexibility index (Phi) is 3.95. The van der Waals surface area contributed by atoms with Crippen molar-refractivity contribution in [2.45, 2.75) is 70.0 Å². The van der Waals surface area contributed by atoms with Gasteiger partial charge in [0.05, 0.1) is 12.2 Å². The maximum atomic E-state index is 6.13. The van der Waals surface area contributed by atoms with E-state index in [-0.39, 0.29) is 5.38 Å². The van der Waals surface area contributed by atoms with Gasteiger partial charge in [-0.1, -0.05) is 19.8 Å². The second-order valence-electron chi connectivity index (χ2n) is 5.47. The summed E-state index contributed by atoms with van der Waals surface area (Å²) in [6, 6.07) is 0. The van der Waals surface area contributed by atoms with Gasteiger partial charge in [0.15, 0.2) is 0 Å². The Balaban J connectivity index is 1.81. The van der Waals surface area contributed by atoms with Gasteiger partial charge < -0.3 is 4.74 Å². The Morgan fingerprint density at radius 2 is 2.00 bits per heavy atom. The topological polar surface area (TPSA) is 9.23 Å². The second kappa shape index (κ2) is 5.05. The normalized spacial score (nSPS) is 39.8. The molecule has 0 amide bonds. The van der Waals surface area contributed by atoms with E-state index in [1.807, 2.05) is 0 Å². The van der Waals surface area contributed by atoms with Gasteiger partial charge in [0.2, 0.25) is 0 Å². The molecule has 0 aromatic rings. The molecule has 1 heterocycles. The van der Waals surface area contributed by atoms with E-state index in [9.17, 15) is 0 Å². The predicted molar refractivity (Wildman–Crippen MR) is 64.3 cm³/mol. The molecule has 0 bridgehead atoms. The molecule has 0 N–H and O–H groups in total. The van der Waals surface area contributed by atoms with E-state index in [0.29, 0.717) is 18.1 Å². The molecule has 2 rings (SSSR count). The summed E-state index contributed by atoms with van der Waals surface area (Å²) in [6.07, 6.45) is 9.00. The number of halogens is 1. The quantitative estimate of drug-likeness (QED) is 0.667. The Bertz CT molecular complexity index is 191. The fourth-order valence-electron chi connectivity index (χ4n) is 3.02. The molecule has 15 heavy (non-hydrogen) atoms. The van der Waals surface area contributed by atoms with E-state index in [0.717, 1.165) is 12.3 Å². The lowest BCUT2D eigenvalue weighted by Crippen LogP contribution is -2.20. The molecule has 1 aliphatic carbocycles. The summed E-state index contributed by atoms with van der Waals surface area (Å²) in [5, 5.41) is 0.274. The van der Waals surface area contributed by atoms with Crippen LogP contribution >= 0.6 is 11.6 Å². The summed E-state index contributed by atoms with van der Waals surface area (Å²) < 4.78 is 6.13. The van der Waals surface area contributed by atoms with Crippen molar-refractivity contribution in [1.82, 2.24) is 0 Å².